The van der Waals surface area contributed by atoms with Gasteiger partial charge < -0.3 is 15.0 Å². The summed E-state index contributed by atoms with van der Waals surface area (Å²) < 4.78 is 27.5. The molecular formula is C25H29BrN2O4S. The van der Waals surface area contributed by atoms with Crippen LogP contribution in [0.15, 0.2) is 61.5 Å². The maximum Gasteiger partial charge on any atom is 0.271 e. The number of aromatic nitrogens is 1. The Kier molecular flexibility index (Phi) is 7.69. The fourth-order valence-electron chi connectivity index (χ4n) is 3.99. The average Bonchev–Trinajstić information content (AvgIpc) is 2.73. The van der Waals surface area contributed by atoms with Crippen molar-refractivity contribution in [3.05, 3.63) is 74.1 Å². The lowest BCUT2D eigenvalue weighted by Gasteiger charge is -2.28. The molecule has 6 nitrogen and oxygen atoms in total. The first-order chi connectivity index (χ1) is 15.6. The number of nitrogens with zero attached hydrogens (tertiary/aromatic N) is 1. The number of rotatable bonds is 8. The summed E-state index contributed by atoms with van der Waals surface area (Å²) in [6, 6.07) is 12.0. The predicted molar refractivity (Wildman–Crippen MR) is 136 cm³/mol. The molecule has 3 aromatic rings. The van der Waals surface area contributed by atoms with Gasteiger partial charge in [-0.15, -0.1) is 0 Å². The van der Waals surface area contributed by atoms with Crippen LogP contribution >= 0.6 is 15.9 Å². The van der Waals surface area contributed by atoms with E-state index in [0.717, 1.165) is 29.7 Å². The van der Waals surface area contributed by atoms with Gasteiger partial charge in [-0.05, 0) is 81.1 Å². The molecule has 0 amide bonds. The van der Waals surface area contributed by atoms with Crippen molar-refractivity contribution in [1.82, 2.24) is 4.98 Å². The van der Waals surface area contributed by atoms with Crippen molar-refractivity contribution in [1.29, 1.82) is 0 Å². The Morgan fingerprint density at radius 3 is 2.18 bits per heavy atom. The summed E-state index contributed by atoms with van der Waals surface area (Å²) in [6.45, 7) is 8.40. The fraction of sp³-hybridized carbons (Fsp3) is 0.320. The van der Waals surface area contributed by atoms with Crippen LogP contribution in [0.2, 0.25) is 0 Å². The summed E-state index contributed by atoms with van der Waals surface area (Å²) in [5, 5.41) is 11.4. The van der Waals surface area contributed by atoms with E-state index in [1.54, 1.807) is 12.1 Å². The van der Waals surface area contributed by atoms with Crippen molar-refractivity contribution >= 4 is 37.1 Å². The molecule has 2 aromatic carbocycles. The lowest BCUT2D eigenvalue weighted by atomic mass is 10.1. The van der Waals surface area contributed by atoms with Crippen LogP contribution in [0.25, 0.3) is 0 Å². The Morgan fingerprint density at radius 2 is 1.64 bits per heavy atom. The molecule has 0 spiro atoms. The molecule has 8 heteroatoms. The summed E-state index contributed by atoms with van der Waals surface area (Å²) in [5.74, 6) is -0.520. The van der Waals surface area contributed by atoms with Gasteiger partial charge in [-0.2, -0.15) is 0 Å². The van der Waals surface area contributed by atoms with Crippen molar-refractivity contribution in [2.45, 2.75) is 56.7 Å². The van der Waals surface area contributed by atoms with Crippen molar-refractivity contribution in [3.8, 4) is 5.75 Å². The number of unbranched alkanes of at least 4 members (excludes halogenated alkanes) is 1. The minimum absolute atomic E-state index is 0.0618. The quantitative estimate of drug-likeness (QED) is 0.382. The second kappa shape index (κ2) is 10.1. The number of sulfone groups is 1. The molecular weight excluding hydrogens is 504 g/mol. The van der Waals surface area contributed by atoms with E-state index < -0.39 is 26.0 Å². The lowest BCUT2D eigenvalue weighted by Crippen LogP contribution is -2.25. The molecule has 1 heterocycles. The summed E-state index contributed by atoms with van der Waals surface area (Å²) in [4.78, 5) is 16.9. The van der Waals surface area contributed by atoms with Crippen LogP contribution in [0, 0.1) is 13.8 Å². The third kappa shape index (κ3) is 5.17. The molecule has 33 heavy (non-hydrogen) atoms. The van der Waals surface area contributed by atoms with Crippen LogP contribution in [0.3, 0.4) is 0 Å². The number of anilines is 2. The second-order valence-corrected chi connectivity index (χ2v) is 10.9. The number of aromatic hydroxyl groups is 1. The van der Waals surface area contributed by atoms with Gasteiger partial charge in [0.1, 0.15) is 5.69 Å². The van der Waals surface area contributed by atoms with Crippen LogP contribution in [0.1, 0.15) is 43.5 Å². The highest BCUT2D eigenvalue weighted by Crippen LogP contribution is 2.40. The third-order valence-electron chi connectivity index (χ3n) is 5.47. The number of H-pyrrole nitrogens is 1. The second-order valence-electron chi connectivity index (χ2n) is 8.11. The van der Waals surface area contributed by atoms with Crippen molar-refractivity contribution in [2.24, 2.45) is 0 Å². The van der Waals surface area contributed by atoms with Crippen LogP contribution in [-0.4, -0.2) is 25.1 Å². The smallest absolute Gasteiger partial charge is 0.271 e. The maximum atomic E-state index is 13.4. The zero-order chi connectivity index (χ0) is 24.3. The first-order valence-electron chi connectivity index (χ1n) is 10.9. The van der Waals surface area contributed by atoms with Gasteiger partial charge >= 0.3 is 0 Å². The normalized spacial score (nSPS) is 11.5. The Morgan fingerprint density at radius 1 is 1.03 bits per heavy atom. The molecule has 0 saturated carbocycles. The number of aromatic amines is 1. The molecule has 0 aliphatic heterocycles. The van der Waals surface area contributed by atoms with E-state index in [1.165, 1.54) is 12.1 Å². The number of hydrogen-bond acceptors (Lipinski definition) is 5. The van der Waals surface area contributed by atoms with E-state index in [1.807, 2.05) is 50.8 Å². The third-order valence-corrected chi connectivity index (χ3v) is 7.81. The van der Waals surface area contributed by atoms with Crippen molar-refractivity contribution in [3.63, 3.8) is 0 Å². The molecule has 0 bridgehead atoms. The van der Waals surface area contributed by atoms with E-state index in [0.29, 0.717) is 28.8 Å². The van der Waals surface area contributed by atoms with E-state index >= 15 is 0 Å². The van der Waals surface area contributed by atoms with Gasteiger partial charge in [0.05, 0.1) is 4.90 Å². The number of halogens is 1. The Labute approximate surface area is 203 Å². The number of nitrogens with one attached hydrogen (secondary N) is 1. The van der Waals surface area contributed by atoms with Crippen LogP contribution in [0.4, 0.5) is 11.4 Å². The predicted octanol–water partition coefficient (Wildman–Crippen LogP) is 5.79. The molecule has 0 aliphatic carbocycles. The highest BCUT2D eigenvalue weighted by Gasteiger charge is 2.31. The van der Waals surface area contributed by atoms with Gasteiger partial charge in [-0.25, -0.2) is 8.42 Å². The van der Waals surface area contributed by atoms with E-state index in [9.17, 15) is 18.3 Å². The monoisotopic (exact) mass is 532 g/mol. The summed E-state index contributed by atoms with van der Waals surface area (Å²) in [5.41, 5.74) is 2.94. The zero-order valence-corrected chi connectivity index (χ0v) is 21.7. The highest BCUT2D eigenvalue weighted by molar-refractivity contribution is 9.10. The first kappa shape index (κ1) is 25.1. The Hall–Kier alpha value is -2.58. The van der Waals surface area contributed by atoms with Gasteiger partial charge in [0.15, 0.2) is 10.6 Å². The molecule has 0 saturated heterocycles. The largest absolute Gasteiger partial charge is 0.504 e. The lowest BCUT2D eigenvalue weighted by molar-refractivity contribution is 0.454. The highest BCUT2D eigenvalue weighted by atomic mass is 79.9. The number of hydrogen-bond donors (Lipinski definition) is 2. The molecule has 3 rings (SSSR count). The summed E-state index contributed by atoms with van der Waals surface area (Å²) in [6.07, 6.45) is 2.18. The van der Waals surface area contributed by atoms with Gasteiger partial charge in [-0.3, -0.25) is 4.79 Å². The van der Waals surface area contributed by atoms with E-state index in [4.69, 9.17) is 0 Å². The molecule has 176 valence electrons. The van der Waals surface area contributed by atoms with Gasteiger partial charge in [-0.1, -0.05) is 35.3 Å². The minimum Gasteiger partial charge on any atom is -0.504 e. The van der Waals surface area contributed by atoms with Crippen LogP contribution in [-0.2, 0) is 16.3 Å². The fourth-order valence-corrected chi connectivity index (χ4v) is 5.63. The molecule has 0 atom stereocenters. The minimum atomic E-state index is -4.26. The zero-order valence-electron chi connectivity index (χ0n) is 19.3. The van der Waals surface area contributed by atoms with E-state index in [2.05, 4.69) is 20.9 Å². The van der Waals surface area contributed by atoms with Crippen molar-refractivity contribution in [2.75, 3.05) is 11.4 Å². The number of benzene rings is 2. The first-order valence-corrected chi connectivity index (χ1v) is 13.2. The van der Waals surface area contributed by atoms with Gasteiger partial charge in [0, 0.05) is 22.4 Å². The molecule has 2 N–H and O–H groups in total. The summed E-state index contributed by atoms with van der Waals surface area (Å²) in [7, 11) is -4.26. The number of pyridine rings is 1. The van der Waals surface area contributed by atoms with Gasteiger partial charge in [0.2, 0.25) is 9.84 Å². The van der Waals surface area contributed by atoms with Crippen LogP contribution < -0.4 is 10.5 Å². The standard InChI is InChI=1S/C25H29BrN2O4S/c1-5-7-8-21-22(28(6-2)19-14-16(3)13-17(4)15-19)23(29)24(25(30)27-21)33(31,32)20-11-9-18(26)10-12-20/h9-15H,5-8H2,1-4H3,(H2,27,29,30). The average molecular weight is 533 g/mol. The SMILES string of the molecule is CCCCc1[nH]c(=O)c(S(=O)(=O)c2ccc(Br)cc2)c(O)c1N(CC)c1cc(C)cc(C)c1. The van der Waals surface area contributed by atoms with E-state index in [-0.39, 0.29) is 4.90 Å². The van der Waals surface area contributed by atoms with Gasteiger partial charge in [0.25, 0.3) is 5.56 Å². The number of aryl methyl sites for hydroxylation is 3. The molecule has 0 aliphatic rings. The molecule has 0 fully saturated rings. The summed E-state index contributed by atoms with van der Waals surface area (Å²) >= 11 is 3.29. The molecule has 0 unspecified atom stereocenters. The molecule has 0 radical (unpaired) electrons. The Balaban J connectivity index is 2.31. The Bertz CT molecular complexity index is 1300. The van der Waals surface area contributed by atoms with Crippen molar-refractivity contribution < 1.29 is 13.5 Å². The molecule has 1 aromatic heterocycles. The maximum absolute atomic E-state index is 13.4. The topological polar surface area (TPSA) is 90.5 Å². The van der Waals surface area contributed by atoms with Crippen LogP contribution in [0.5, 0.6) is 5.75 Å².